The number of ether oxygens (including phenoxy) is 1. The molecule has 156 valence electrons. The Labute approximate surface area is 169 Å². The third kappa shape index (κ3) is 4.84. The van der Waals surface area contributed by atoms with E-state index in [0.717, 1.165) is 37.9 Å². The average molecular weight is 408 g/mol. The third-order valence-corrected chi connectivity index (χ3v) is 8.86. The molecule has 3 rings (SSSR count). The lowest BCUT2D eigenvalue weighted by Gasteiger charge is -2.28. The number of rotatable bonds is 7. The van der Waals surface area contributed by atoms with Gasteiger partial charge in [0.2, 0.25) is 14.3 Å². The first-order valence-corrected chi connectivity index (χ1v) is 13.6. The number of amides is 1. The predicted molar refractivity (Wildman–Crippen MR) is 113 cm³/mol. The number of piperidine rings is 1. The van der Waals surface area contributed by atoms with Gasteiger partial charge in [0.1, 0.15) is 0 Å². The molecule has 2 aliphatic heterocycles. The van der Waals surface area contributed by atoms with Crippen molar-refractivity contribution >= 4 is 20.0 Å². The molecule has 2 saturated heterocycles. The number of aliphatic hydroxyl groups excluding tert-OH is 1. The Bertz CT molecular complexity index is 678. The molecular weight excluding hydrogens is 373 g/mol. The van der Waals surface area contributed by atoms with Crippen LogP contribution in [0.25, 0.3) is 0 Å². The molecule has 0 saturated carbocycles. The van der Waals surface area contributed by atoms with Gasteiger partial charge in [0.25, 0.3) is 0 Å². The van der Waals surface area contributed by atoms with Crippen LogP contribution in [-0.2, 0) is 16.0 Å². The van der Waals surface area contributed by atoms with E-state index in [-0.39, 0.29) is 36.2 Å². The van der Waals surface area contributed by atoms with Gasteiger partial charge in [0.05, 0.1) is 12.2 Å². The van der Waals surface area contributed by atoms with Crippen LogP contribution < -0.4 is 4.90 Å². The van der Waals surface area contributed by atoms with Crippen molar-refractivity contribution in [2.24, 2.45) is 5.92 Å². The number of hydrogen-bond donors (Lipinski definition) is 1. The molecule has 2 heterocycles. The van der Waals surface area contributed by atoms with Gasteiger partial charge in [-0.05, 0) is 68.8 Å². The highest BCUT2D eigenvalue weighted by Gasteiger charge is 2.50. The first-order chi connectivity index (χ1) is 13.3. The second kappa shape index (κ2) is 9.05. The van der Waals surface area contributed by atoms with E-state index < -0.39 is 8.41 Å². The Morgan fingerprint density at radius 1 is 1.25 bits per heavy atom. The van der Waals surface area contributed by atoms with Crippen molar-refractivity contribution in [3.05, 3.63) is 29.8 Å². The molecule has 6 heteroatoms. The van der Waals surface area contributed by atoms with Gasteiger partial charge in [0.15, 0.2) is 0 Å². The van der Waals surface area contributed by atoms with Crippen molar-refractivity contribution in [1.29, 1.82) is 0 Å². The second-order valence-corrected chi connectivity index (χ2v) is 12.7. The summed E-state index contributed by atoms with van der Waals surface area (Å²) in [4.78, 5) is 14.1. The highest BCUT2D eigenvalue weighted by Crippen LogP contribution is 2.46. The summed E-state index contributed by atoms with van der Waals surface area (Å²) in [7, 11) is -2.86. The van der Waals surface area contributed by atoms with Crippen LogP contribution in [0.15, 0.2) is 24.3 Å². The van der Waals surface area contributed by atoms with E-state index >= 15 is 0 Å². The number of carbonyl (C=O) groups excluding carboxylic acids is 1. The number of carbonyl (C=O) groups is 1. The number of aliphatic hydroxyl groups is 1. The monoisotopic (exact) mass is 407 g/mol. The quantitative estimate of drug-likeness (QED) is 0.536. The fourth-order valence-corrected chi connectivity index (χ4v) is 7.64. The molecule has 2 fully saturated rings. The van der Waals surface area contributed by atoms with E-state index in [2.05, 4.69) is 19.1 Å². The molecule has 0 aromatic heterocycles. The van der Waals surface area contributed by atoms with E-state index in [1.807, 2.05) is 17.0 Å². The van der Waals surface area contributed by atoms with Crippen LogP contribution in [0.3, 0.4) is 0 Å². The number of hydrogen-bond acceptors (Lipinski definition) is 3. The zero-order valence-electron chi connectivity index (χ0n) is 17.4. The Kier molecular flexibility index (Phi) is 6.94. The molecule has 4 atom stereocenters. The van der Waals surface area contributed by atoms with Gasteiger partial charge in [-0.1, -0.05) is 19.1 Å². The number of nitrogens with zero attached hydrogens (tertiary/aromatic N) is 1. The molecule has 4 nitrogen and oxygen atoms in total. The summed E-state index contributed by atoms with van der Waals surface area (Å²) in [5.74, 6) is 0.371. The van der Waals surface area contributed by atoms with Crippen molar-refractivity contribution in [2.45, 2.75) is 76.3 Å². The molecular formula is C22H34FNO3Si. The fourth-order valence-electron chi connectivity index (χ4n) is 5.04. The van der Waals surface area contributed by atoms with Gasteiger partial charge in [0, 0.05) is 30.8 Å². The SMILES string of the molecule is C[C@@H]1[C@@H]([Si](C)(C)F)[C@H](CCO)O[C@@H]1CCc1cccc(N2CCCCC2=O)c1. The molecule has 0 bridgehead atoms. The highest BCUT2D eigenvalue weighted by molar-refractivity contribution is 6.72. The predicted octanol–water partition coefficient (Wildman–Crippen LogP) is 4.47. The highest BCUT2D eigenvalue weighted by atomic mass is 28.4. The maximum absolute atomic E-state index is 14.9. The van der Waals surface area contributed by atoms with Crippen LogP contribution in [0.1, 0.15) is 44.6 Å². The van der Waals surface area contributed by atoms with Crippen LogP contribution in [-0.4, -0.2) is 44.8 Å². The molecule has 1 aromatic carbocycles. The van der Waals surface area contributed by atoms with Crippen molar-refractivity contribution in [3.63, 3.8) is 0 Å². The molecule has 28 heavy (non-hydrogen) atoms. The van der Waals surface area contributed by atoms with E-state index in [9.17, 15) is 14.0 Å². The van der Waals surface area contributed by atoms with Crippen LogP contribution in [0.5, 0.6) is 0 Å². The third-order valence-electron chi connectivity index (χ3n) is 6.37. The zero-order valence-corrected chi connectivity index (χ0v) is 18.4. The minimum Gasteiger partial charge on any atom is -0.396 e. The van der Waals surface area contributed by atoms with Gasteiger partial charge in [-0.25, -0.2) is 0 Å². The molecule has 1 amide bonds. The van der Waals surface area contributed by atoms with Crippen LogP contribution in [0, 0.1) is 5.92 Å². The maximum atomic E-state index is 14.9. The lowest BCUT2D eigenvalue weighted by Crippen LogP contribution is -2.36. The van der Waals surface area contributed by atoms with Crippen molar-refractivity contribution in [2.75, 3.05) is 18.1 Å². The van der Waals surface area contributed by atoms with Crippen LogP contribution in [0.2, 0.25) is 18.6 Å². The Hall–Kier alpha value is -1.24. The second-order valence-electron chi connectivity index (χ2n) is 8.89. The summed E-state index contributed by atoms with van der Waals surface area (Å²) in [5.41, 5.74) is 2.10. The Morgan fingerprint density at radius 2 is 2.04 bits per heavy atom. The topological polar surface area (TPSA) is 49.8 Å². The van der Waals surface area contributed by atoms with E-state index in [4.69, 9.17) is 4.74 Å². The first kappa shape index (κ1) is 21.5. The number of benzene rings is 1. The number of anilines is 1. The number of aryl methyl sites for hydroxylation is 1. The van der Waals surface area contributed by atoms with Crippen LogP contribution in [0.4, 0.5) is 9.80 Å². The van der Waals surface area contributed by atoms with Gasteiger partial charge in [-0.3, -0.25) is 4.79 Å². The number of halogens is 1. The maximum Gasteiger partial charge on any atom is 0.246 e. The van der Waals surface area contributed by atoms with Crippen molar-refractivity contribution in [3.8, 4) is 0 Å². The summed E-state index contributed by atoms with van der Waals surface area (Å²) >= 11 is 0. The standard InChI is InChI=1S/C22H34FNO3Si/c1-16-19(27-20(12-14-25)22(16)28(2,3)23)11-10-17-7-6-8-18(15-17)24-13-5-4-9-21(24)26/h6-8,15-16,19-20,22,25H,4-5,9-14H2,1-3H3/t16-,19+,20-,22+/m0/s1. The summed E-state index contributed by atoms with van der Waals surface area (Å²) in [6, 6.07) is 8.22. The normalized spacial score (nSPS) is 28.8. The molecule has 1 N–H and O–H groups in total. The summed E-state index contributed by atoms with van der Waals surface area (Å²) < 4.78 is 21.1. The molecule has 0 radical (unpaired) electrons. The largest absolute Gasteiger partial charge is 0.396 e. The van der Waals surface area contributed by atoms with E-state index in [1.165, 1.54) is 5.56 Å². The molecule has 0 aliphatic carbocycles. The Balaban J connectivity index is 1.65. The van der Waals surface area contributed by atoms with Crippen molar-refractivity contribution < 1.29 is 18.7 Å². The summed E-state index contributed by atoms with van der Waals surface area (Å²) in [5, 5.41) is 9.35. The lowest BCUT2D eigenvalue weighted by atomic mass is 9.95. The molecule has 0 spiro atoms. The molecule has 2 aliphatic rings. The fraction of sp³-hybridized carbons (Fsp3) is 0.682. The smallest absolute Gasteiger partial charge is 0.246 e. The summed E-state index contributed by atoms with van der Waals surface area (Å²) in [6.07, 6.45) is 4.71. The van der Waals surface area contributed by atoms with Gasteiger partial charge < -0.3 is 18.9 Å². The van der Waals surface area contributed by atoms with Gasteiger partial charge in [-0.15, -0.1) is 0 Å². The minimum absolute atomic E-state index is 0.0179. The molecule has 0 unspecified atom stereocenters. The lowest BCUT2D eigenvalue weighted by molar-refractivity contribution is -0.119. The van der Waals surface area contributed by atoms with E-state index in [1.54, 1.807) is 13.1 Å². The zero-order chi connectivity index (χ0) is 20.3. The van der Waals surface area contributed by atoms with Gasteiger partial charge in [-0.2, -0.15) is 0 Å². The van der Waals surface area contributed by atoms with Crippen molar-refractivity contribution in [1.82, 2.24) is 0 Å². The first-order valence-electron chi connectivity index (χ1n) is 10.7. The Morgan fingerprint density at radius 3 is 2.71 bits per heavy atom. The van der Waals surface area contributed by atoms with Gasteiger partial charge >= 0.3 is 0 Å². The molecule has 1 aromatic rings. The van der Waals surface area contributed by atoms with Crippen LogP contribution >= 0.6 is 0 Å². The minimum atomic E-state index is -2.86. The van der Waals surface area contributed by atoms with E-state index in [0.29, 0.717) is 12.8 Å². The average Bonchev–Trinajstić information content (AvgIpc) is 2.96. The summed E-state index contributed by atoms with van der Waals surface area (Å²) in [6.45, 7) is 6.44.